The van der Waals surface area contributed by atoms with Crippen molar-refractivity contribution in [1.82, 2.24) is 10.6 Å². The molecule has 0 bridgehead atoms. The Labute approximate surface area is 117 Å². The number of carbonyl (C=O) groups is 2. The fourth-order valence-corrected chi connectivity index (χ4v) is 2.41. The Hall–Kier alpha value is -1.55. The standard InChI is InChI=1S/C14H17ClN2O2/c1-9(6-10-4-2-3-5-12(10)15)17-14(19)11-7-13(18)16-8-11/h2-5,9,11H,6-8H2,1H3,(H,16,18)(H,17,19). The monoisotopic (exact) mass is 280 g/mol. The predicted molar refractivity (Wildman–Crippen MR) is 73.9 cm³/mol. The molecule has 4 nitrogen and oxygen atoms in total. The highest BCUT2D eigenvalue weighted by Gasteiger charge is 2.28. The second kappa shape index (κ2) is 6.06. The molecule has 0 saturated carbocycles. The Balaban J connectivity index is 1.87. The van der Waals surface area contributed by atoms with Crippen LogP contribution in [0.25, 0.3) is 0 Å². The van der Waals surface area contributed by atoms with E-state index in [1.165, 1.54) is 0 Å². The summed E-state index contributed by atoms with van der Waals surface area (Å²) in [5, 5.41) is 6.30. The van der Waals surface area contributed by atoms with Crippen LogP contribution in [0.2, 0.25) is 5.02 Å². The molecule has 2 atom stereocenters. The summed E-state index contributed by atoms with van der Waals surface area (Å²) in [7, 11) is 0. The predicted octanol–water partition coefficient (Wildman–Crippen LogP) is 1.52. The van der Waals surface area contributed by atoms with Crippen molar-refractivity contribution in [2.75, 3.05) is 6.54 Å². The average molecular weight is 281 g/mol. The number of carbonyl (C=O) groups excluding carboxylic acids is 2. The van der Waals surface area contributed by atoms with E-state index in [0.29, 0.717) is 18.0 Å². The summed E-state index contributed by atoms with van der Waals surface area (Å²) in [5.74, 6) is -0.377. The number of nitrogens with one attached hydrogen (secondary N) is 2. The van der Waals surface area contributed by atoms with Gasteiger partial charge in [-0.05, 0) is 25.0 Å². The van der Waals surface area contributed by atoms with E-state index in [1.54, 1.807) is 0 Å². The normalized spacial score (nSPS) is 19.9. The summed E-state index contributed by atoms with van der Waals surface area (Å²) in [6.07, 6.45) is 0.962. The lowest BCUT2D eigenvalue weighted by molar-refractivity contribution is -0.127. The van der Waals surface area contributed by atoms with Gasteiger partial charge in [0, 0.05) is 24.0 Å². The summed E-state index contributed by atoms with van der Waals surface area (Å²) in [6, 6.07) is 7.58. The van der Waals surface area contributed by atoms with Gasteiger partial charge in [0.25, 0.3) is 0 Å². The van der Waals surface area contributed by atoms with Crippen molar-refractivity contribution < 1.29 is 9.59 Å². The first kappa shape index (κ1) is 13.9. The van der Waals surface area contributed by atoms with E-state index in [-0.39, 0.29) is 30.2 Å². The van der Waals surface area contributed by atoms with E-state index in [9.17, 15) is 9.59 Å². The smallest absolute Gasteiger partial charge is 0.225 e. The highest BCUT2D eigenvalue weighted by atomic mass is 35.5. The SMILES string of the molecule is CC(Cc1ccccc1Cl)NC(=O)C1CNC(=O)C1. The minimum atomic E-state index is -0.249. The van der Waals surface area contributed by atoms with Crippen LogP contribution in [0.15, 0.2) is 24.3 Å². The molecule has 2 rings (SSSR count). The molecule has 1 fully saturated rings. The van der Waals surface area contributed by atoms with Gasteiger partial charge in [-0.2, -0.15) is 0 Å². The molecule has 102 valence electrons. The summed E-state index contributed by atoms with van der Waals surface area (Å²) < 4.78 is 0. The van der Waals surface area contributed by atoms with Gasteiger partial charge < -0.3 is 10.6 Å². The quantitative estimate of drug-likeness (QED) is 0.879. The van der Waals surface area contributed by atoms with Crippen LogP contribution in [0.5, 0.6) is 0 Å². The molecule has 1 aromatic rings. The van der Waals surface area contributed by atoms with Crippen LogP contribution in [0, 0.1) is 5.92 Å². The average Bonchev–Trinajstić information content (AvgIpc) is 2.79. The maximum Gasteiger partial charge on any atom is 0.225 e. The highest BCUT2D eigenvalue weighted by molar-refractivity contribution is 6.31. The van der Waals surface area contributed by atoms with E-state index in [1.807, 2.05) is 31.2 Å². The molecule has 0 aliphatic carbocycles. The maximum atomic E-state index is 11.9. The van der Waals surface area contributed by atoms with E-state index in [0.717, 1.165) is 5.56 Å². The van der Waals surface area contributed by atoms with Crippen molar-refractivity contribution in [3.63, 3.8) is 0 Å². The molecular weight excluding hydrogens is 264 g/mol. The van der Waals surface area contributed by atoms with Crippen molar-refractivity contribution in [2.45, 2.75) is 25.8 Å². The van der Waals surface area contributed by atoms with Gasteiger partial charge in [0.15, 0.2) is 0 Å². The van der Waals surface area contributed by atoms with Crippen LogP contribution in [-0.2, 0) is 16.0 Å². The Morgan fingerprint density at radius 2 is 2.26 bits per heavy atom. The van der Waals surface area contributed by atoms with Gasteiger partial charge in [0.1, 0.15) is 0 Å². The van der Waals surface area contributed by atoms with Crippen molar-refractivity contribution in [1.29, 1.82) is 0 Å². The maximum absolute atomic E-state index is 11.9. The van der Waals surface area contributed by atoms with Gasteiger partial charge in [-0.25, -0.2) is 0 Å². The molecule has 0 radical (unpaired) electrons. The van der Waals surface area contributed by atoms with Crippen molar-refractivity contribution in [3.05, 3.63) is 34.9 Å². The molecule has 0 spiro atoms. The molecule has 2 amide bonds. The van der Waals surface area contributed by atoms with Crippen LogP contribution >= 0.6 is 11.6 Å². The highest BCUT2D eigenvalue weighted by Crippen LogP contribution is 2.17. The number of rotatable bonds is 4. The lowest BCUT2D eigenvalue weighted by Crippen LogP contribution is -2.39. The topological polar surface area (TPSA) is 58.2 Å². The first-order valence-electron chi connectivity index (χ1n) is 6.36. The second-order valence-corrected chi connectivity index (χ2v) is 5.32. The molecule has 1 aliphatic heterocycles. The third-order valence-electron chi connectivity index (χ3n) is 3.22. The van der Waals surface area contributed by atoms with Gasteiger partial charge >= 0.3 is 0 Å². The van der Waals surface area contributed by atoms with Gasteiger partial charge in [0.2, 0.25) is 11.8 Å². The third-order valence-corrected chi connectivity index (χ3v) is 3.59. The number of hydrogen-bond acceptors (Lipinski definition) is 2. The zero-order valence-corrected chi connectivity index (χ0v) is 11.5. The Bertz CT molecular complexity index is 490. The lowest BCUT2D eigenvalue weighted by Gasteiger charge is -2.17. The third kappa shape index (κ3) is 3.70. The van der Waals surface area contributed by atoms with Gasteiger partial charge in [-0.1, -0.05) is 29.8 Å². The molecule has 19 heavy (non-hydrogen) atoms. The zero-order chi connectivity index (χ0) is 13.8. The molecule has 1 aliphatic rings. The minimum Gasteiger partial charge on any atom is -0.355 e. The minimum absolute atomic E-state index is 0.0110. The van der Waals surface area contributed by atoms with Crippen LogP contribution in [0.3, 0.4) is 0 Å². The molecule has 5 heteroatoms. The Morgan fingerprint density at radius 3 is 2.89 bits per heavy atom. The number of benzene rings is 1. The van der Waals surface area contributed by atoms with E-state index in [4.69, 9.17) is 11.6 Å². The Kier molecular flexibility index (Phi) is 4.43. The molecular formula is C14H17ClN2O2. The van der Waals surface area contributed by atoms with Crippen LogP contribution in [-0.4, -0.2) is 24.4 Å². The fourth-order valence-electron chi connectivity index (χ4n) is 2.20. The van der Waals surface area contributed by atoms with Crippen LogP contribution in [0.1, 0.15) is 18.9 Å². The lowest BCUT2D eigenvalue weighted by atomic mass is 10.0. The summed E-state index contributed by atoms with van der Waals surface area (Å²) in [5.41, 5.74) is 1.01. The number of hydrogen-bond donors (Lipinski definition) is 2. The Morgan fingerprint density at radius 1 is 1.53 bits per heavy atom. The van der Waals surface area contributed by atoms with E-state index >= 15 is 0 Å². The molecule has 0 aromatic heterocycles. The summed E-state index contributed by atoms with van der Waals surface area (Å²) in [4.78, 5) is 23.0. The molecule has 2 unspecified atom stereocenters. The molecule has 1 saturated heterocycles. The summed E-state index contributed by atoms with van der Waals surface area (Å²) >= 11 is 6.08. The van der Waals surface area contributed by atoms with Crippen molar-refractivity contribution in [3.8, 4) is 0 Å². The second-order valence-electron chi connectivity index (χ2n) is 4.91. The van der Waals surface area contributed by atoms with E-state index < -0.39 is 0 Å². The van der Waals surface area contributed by atoms with Gasteiger partial charge in [-0.15, -0.1) is 0 Å². The van der Waals surface area contributed by atoms with Crippen LogP contribution < -0.4 is 10.6 Å². The molecule has 1 aromatic carbocycles. The molecule has 1 heterocycles. The number of halogens is 1. The first-order valence-corrected chi connectivity index (χ1v) is 6.74. The fraction of sp³-hybridized carbons (Fsp3) is 0.429. The van der Waals surface area contributed by atoms with Gasteiger partial charge in [0.05, 0.1) is 5.92 Å². The van der Waals surface area contributed by atoms with Crippen molar-refractivity contribution in [2.24, 2.45) is 5.92 Å². The van der Waals surface area contributed by atoms with E-state index in [2.05, 4.69) is 10.6 Å². The summed E-state index contributed by atoms with van der Waals surface area (Å²) in [6.45, 7) is 2.37. The van der Waals surface area contributed by atoms with Crippen molar-refractivity contribution >= 4 is 23.4 Å². The van der Waals surface area contributed by atoms with Gasteiger partial charge in [-0.3, -0.25) is 9.59 Å². The first-order chi connectivity index (χ1) is 9.06. The van der Waals surface area contributed by atoms with Crippen LogP contribution in [0.4, 0.5) is 0 Å². The zero-order valence-electron chi connectivity index (χ0n) is 10.8. The number of amides is 2. The molecule has 2 N–H and O–H groups in total. The largest absolute Gasteiger partial charge is 0.355 e.